The Morgan fingerprint density at radius 3 is 2.94 bits per heavy atom. The molecule has 0 radical (unpaired) electrons. The van der Waals surface area contributed by atoms with Gasteiger partial charge in [-0.15, -0.1) is 0 Å². The van der Waals surface area contributed by atoms with E-state index in [1.807, 2.05) is 12.1 Å². The molecule has 1 aromatic rings. The molecule has 1 fully saturated rings. The Balaban J connectivity index is 2.27. The number of carbonyl (C=O) groups is 2. The van der Waals surface area contributed by atoms with Crippen LogP contribution in [0, 0.1) is 0 Å². The molecular weight excluding hydrogens is 296 g/mol. The molecule has 18 heavy (non-hydrogen) atoms. The van der Waals surface area contributed by atoms with Crippen LogP contribution in [0.1, 0.15) is 23.2 Å². The van der Waals surface area contributed by atoms with Crippen LogP contribution >= 0.6 is 15.9 Å². The molecule has 96 valence electrons. The van der Waals surface area contributed by atoms with Crippen LogP contribution in [0.3, 0.4) is 0 Å². The zero-order chi connectivity index (χ0) is 13.1. The number of rotatable bonds is 3. The van der Waals surface area contributed by atoms with Gasteiger partial charge in [-0.1, -0.05) is 0 Å². The van der Waals surface area contributed by atoms with Gasteiger partial charge in [-0.3, -0.25) is 9.59 Å². The van der Waals surface area contributed by atoms with E-state index in [1.165, 1.54) is 0 Å². The third-order valence-electron chi connectivity index (χ3n) is 3.24. The highest BCUT2D eigenvalue weighted by Gasteiger charge is 2.30. The lowest BCUT2D eigenvalue weighted by molar-refractivity contribution is -0.121. The van der Waals surface area contributed by atoms with Gasteiger partial charge in [-0.05, 0) is 47.0 Å². The van der Waals surface area contributed by atoms with Crippen LogP contribution in [-0.2, 0) is 4.79 Å². The minimum absolute atomic E-state index is 0.0445. The predicted octanol–water partition coefficient (Wildman–Crippen LogP) is 1.98. The van der Waals surface area contributed by atoms with Crippen molar-refractivity contribution in [1.82, 2.24) is 5.32 Å². The Morgan fingerprint density at radius 1 is 1.56 bits per heavy atom. The van der Waals surface area contributed by atoms with Gasteiger partial charge in [0, 0.05) is 29.3 Å². The molecule has 1 saturated heterocycles. The van der Waals surface area contributed by atoms with Crippen LogP contribution in [0.5, 0.6) is 0 Å². The summed E-state index contributed by atoms with van der Waals surface area (Å²) in [6.07, 6.45) is 2.69. The summed E-state index contributed by atoms with van der Waals surface area (Å²) in [6, 6.07) is 5.44. The number of anilines is 1. The number of benzene rings is 1. The summed E-state index contributed by atoms with van der Waals surface area (Å²) in [5, 5.41) is 2.70. The first-order chi connectivity index (χ1) is 8.67. The first kappa shape index (κ1) is 13.1. The topological polar surface area (TPSA) is 49.4 Å². The van der Waals surface area contributed by atoms with Gasteiger partial charge in [0.25, 0.3) is 0 Å². The maximum atomic E-state index is 11.8. The molecular formula is C13H15BrN2O2. The molecule has 1 aliphatic heterocycles. The molecule has 0 aliphatic carbocycles. The van der Waals surface area contributed by atoms with Crippen molar-refractivity contribution in [2.75, 3.05) is 18.5 Å². The van der Waals surface area contributed by atoms with E-state index < -0.39 is 0 Å². The number of aldehydes is 1. The Morgan fingerprint density at radius 2 is 2.33 bits per heavy atom. The van der Waals surface area contributed by atoms with Gasteiger partial charge in [-0.25, -0.2) is 0 Å². The maximum absolute atomic E-state index is 11.8. The number of likely N-dealkylation sites (N-methyl/N-ethyl adjacent to an activating group) is 1. The van der Waals surface area contributed by atoms with Crippen LogP contribution in [0.2, 0.25) is 0 Å². The summed E-state index contributed by atoms with van der Waals surface area (Å²) >= 11 is 3.37. The molecule has 2 rings (SSSR count). The minimum atomic E-state index is -0.107. The van der Waals surface area contributed by atoms with Crippen LogP contribution in [0.25, 0.3) is 0 Å². The van der Waals surface area contributed by atoms with Gasteiger partial charge in [0.1, 0.15) is 6.04 Å². The standard InChI is InChI=1S/C13H15BrN2O2/c1-15-13(18)12-3-2-6-16(12)10-5-4-9(8-17)11(14)7-10/h4-5,7-8,12H,2-3,6H2,1H3,(H,15,18). The second-order valence-electron chi connectivity index (χ2n) is 4.29. The average molecular weight is 311 g/mol. The number of halogens is 1. The first-order valence-electron chi connectivity index (χ1n) is 5.90. The highest BCUT2D eigenvalue weighted by molar-refractivity contribution is 9.10. The number of hydrogen-bond donors (Lipinski definition) is 1. The summed E-state index contributed by atoms with van der Waals surface area (Å²) in [5.74, 6) is 0.0445. The van der Waals surface area contributed by atoms with E-state index >= 15 is 0 Å². The molecule has 4 nitrogen and oxygen atoms in total. The summed E-state index contributed by atoms with van der Waals surface area (Å²) in [7, 11) is 1.66. The number of hydrogen-bond acceptors (Lipinski definition) is 3. The van der Waals surface area contributed by atoms with Crippen molar-refractivity contribution in [2.45, 2.75) is 18.9 Å². The van der Waals surface area contributed by atoms with Crippen molar-refractivity contribution in [1.29, 1.82) is 0 Å². The van der Waals surface area contributed by atoms with Crippen LogP contribution in [0.4, 0.5) is 5.69 Å². The number of amides is 1. The van der Waals surface area contributed by atoms with Gasteiger partial charge < -0.3 is 10.2 Å². The number of carbonyl (C=O) groups excluding carboxylic acids is 2. The lowest BCUT2D eigenvalue weighted by Crippen LogP contribution is -2.42. The van der Waals surface area contributed by atoms with Gasteiger partial charge in [0.2, 0.25) is 5.91 Å². The highest BCUT2D eigenvalue weighted by Crippen LogP contribution is 2.29. The van der Waals surface area contributed by atoms with Crippen molar-refractivity contribution >= 4 is 33.8 Å². The van der Waals surface area contributed by atoms with Crippen molar-refractivity contribution in [2.24, 2.45) is 0 Å². The molecule has 5 heteroatoms. The molecule has 0 spiro atoms. The van der Waals surface area contributed by atoms with Crippen molar-refractivity contribution in [3.8, 4) is 0 Å². The van der Waals surface area contributed by atoms with Gasteiger partial charge in [0.15, 0.2) is 6.29 Å². The lowest BCUT2D eigenvalue weighted by atomic mass is 10.1. The monoisotopic (exact) mass is 310 g/mol. The quantitative estimate of drug-likeness (QED) is 0.869. The minimum Gasteiger partial charge on any atom is -0.359 e. The Hall–Kier alpha value is -1.36. The third-order valence-corrected chi connectivity index (χ3v) is 3.93. The lowest BCUT2D eigenvalue weighted by Gasteiger charge is -2.25. The van der Waals surface area contributed by atoms with Crippen LogP contribution in [-0.4, -0.2) is 31.8 Å². The number of nitrogens with one attached hydrogen (secondary N) is 1. The number of nitrogens with zero attached hydrogens (tertiary/aromatic N) is 1. The Labute approximate surface area is 114 Å². The summed E-state index contributed by atoms with van der Waals surface area (Å²) in [5.41, 5.74) is 1.59. The SMILES string of the molecule is CNC(=O)C1CCCN1c1ccc(C=O)c(Br)c1. The molecule has 0 bridgehead atoms. The highest BCUT2D eigenvalue weighted by atomic mass is 79.9. The zero-order valence-electron chi connectivity index (χ0n) is 10.1. The van der Waals surface area contributed by atoms with Crippen LogP contribution in [0.15, 0.2) is 22.7 Å². The molecule has 1 amide bonds. The van der Waals surface area contributed by atoms with Crippen molar-refractivity contribution in [3.05, 3.63) is 28.2 Å². The fraction of sp³-hybridized carbons (Fsp3) is 0.385. The van der Waals surface area contributed by atoms with E-state index in [9.17, 15) is 9.59 Å². The van der Waals surface area contributed by atoms with Gasteiger partial charge in [0.05, 0.1) is 0 Å². The van der Waals surface area contributed by atoms with E-state index in [0.717, 1.165) is 35.8 Å². The van der Waals surface area contributed by atoms with Crippen molar-refractivity contribution < 1.29 is 9.59 Å². The molecule has 0 aromatic heterocycles. The zero-order valence-corrected chi connectivity index (χ0v) is 11.7. The van der Waals surface area contributed by atoms with E-state index in [1.54, 1.807) is 13.1 Å². The second kappa shape index (κ2) is 5.52. The van der Waals surface area contributed by atoms with Crippen molar-refractivity contribution in [3.63, 3.8) is 0 Å². The fourth-order valence-corrected chi connectivity index (χ4v) is 2.77. The molecule has 1 unspecified atom stereocenters. The molecule has 0 saturated carbocycles. The maximum Gasteiger partial charge on any atom is 0.242 e. The fourth-order valence-electron chi connectivity index (χ4n) is 2.31. The summed E-state index contributed by atoms with van der Waals surface area (Å²) in [4.78, 5) is 24.6. The van der Waals surface area contributed by atoms with E-state index in [-0.39, 0.29) is 11.9 Å². The molecule has 1 heterocycles. The largest absolute Gasteiger partial charge is 0.359 e. The summed E-state index contributed by atoms with van der Waals surface area (Å²) < 4.78 is 0.762. The Kier molecular flexibility index (Phi) is 4.01. The van der Waals surface area contributed by atoms with Gasteiger partial charge in [-0.2, -0.15) is 0 Å². The third kappa shape index (κ3) is 2.41. The summed E-state index contributed by atoms with van der Waals surface area (Å²) in [6.45, 7) is 0.866. The smallest absolute Gasteiger partial charge is 0.242 e. The van der Waals surface area contributed by atoms with E-state index in [2.05, 4.69) is 26.1 Å². The van der Waals surface area contributed by atoms with Crippen LogP contribution < -0.4 is 10.2 Å². The normalized spacial score (nSPS) is 18.8. The Bertz CT molecular complexity index is 476. The van der Waals surface area contributed by atoms with Gasteiger partial charge >= 0.3 is 0 Å². The molecule has 1 aromatic carbocycles. The molecule has 1 aliphatic rings. The molecule has 1 atom stereocenters. The van der Waals surface area contributed by atoms with E-state index in [0.29, 0.717) is 5.56 Å². The first-order valence-corrected chi connectivity index (χ1v) is 6.69. The average Bonchev–Trinajstić information content (AvgIpc) is 2.86. The van der Waals surface area contributed by atoms with E-state index in [4.69, 9.17) is 0 Å². The second-order valence-corrected chi connectivity index (χ2v) is 5.14. The predicted molar refractivity (Wildman–Crippen MR) is 74.0 cm³/mol. The molecule has 1 N–H and O–H groups in total.